The van der Waals surface area contributed by atoms with Crippen molar-refractivity contribution in [3.8, 4) is 11.3 Å². The lowest BCUT2D eigenvalue weighted by molar-refractivity contribution is -0.124. The minimum absolute atomic E-state index is 0.0594. The summed E-state index contributed by atoms with van der Waals surface area (Å²) in [5.41, 5.74) is 5.92. The van der Waals surface area contributed by atoms with Crippen molar-refractivity contribution in [2.24, 2.45) is 0 Å². The Balaban J connectivity index is 1.70. The van der Waals surface area contributed by atoms with Crippen LogP contribution in [0, 0.1) is 31.2 Å². The predicted octanol–water partition coefficient (Wildman–Crippen LogP) is 3.68. The zero-order chi connectivity index (χ0) is 25.7. The van der Waals surface area contributed by atoms with E-state index in [0.717, 1.165) is 18.2 Å². The molecule has 164 valence electrons. The van der Waals surface area contributed by atoms with Crippen molar-refractivity contribution in [3.05, 3.63) is 77.1 Å². The second-order valence-electron chi connectivity index (χ2n) is 7.04. The molecular formula is C22H18F3N5O2. The number of halogens is 3. The van der Waals surface area contributed by atoms with Gasteiger partial charge < -0.3 is 16.2 Å². The number of aromatic nitrogens is 3. The fraction of sp³-hybridized carbons (Fsp3) is 0.136. The number of nitrogens with zero attached hydrogens (tertiary/aromatic N) is 3. The van der Waals surface area contributed by atoms with E-state index in [0.29, 0.717) is 11.8 Å². The summed E-state index contributed by atoms with van der Waals surface area (Å²) in [6.07, 6.45) is -0.552. The molecule has 2 aromatic carbocycles. The van der Waals surface area contributed by atoms with Crippen LogP contribution >= 0.6 is 0 Å². The fourth-order valence-corrected chi connectivity index (χ4v) is 3.35. The number of carbonyl (C=O) groups excluding carboxylic acids is 1. The van der Waals surface area contributed by atoms with Gasteiger partial charge in [-0.3, -0.25) is 9.20 Å². The van der Waals surface area contributed by atoms with Crippen LogP contribution in [0.25, 0.3) is 16.8 Å². The smallest absolute Gasteiger partial charge is 0.257 e. The Labute approximate surface area is 184 Å². The molecule has 4 aromatic rings. The Hall–Kier alpha value is -3.92. The van der Waals surface area contributed by atoms with E-state index in [1.165, 1.54) is 22.7 Å². The maximum atomic E-state index is 15.1. The highest BCUT2D eigenvalue weighted by Gasteiger charge is 2.21. The summed E-state index contributed by atoms with van der Waals surface area (Å²) in [6, 6.07) is 5.63. The van der Waals surface area contributed by atoms with Crippen molar-refractivity contribution in [1.29, 1.82) is 0 Å². The molecule has 1 amide bonds. The van der Waals surface area contributed by atoms with E-state index in [1.807, 2.05) is 0 Å². The molecule has 7 nitrogen and oxygen atoms in total. The number of hydrogen-bond donors (Lipinski definition) is 3. The first-order valence-electron chi connectivity index (χ1n) is 10.8. The molecule has 4 N–H and O–H groups in total. The van der Waals surface area contributed by atoms with Gasteiger partial charge >= 0.3 is 0 Å². The van der Waals surface area contributed by atoms with Crippen molar-refractivity contribution >= 4 is 22.9 Å². The molecule has 1 atom stereocenters. The van der Waals surface area contributed by atoms with E-state index in [9.17, 15) is 18.7 Å². The SMILES string of the molecule is [2H]C([2H])([2H])c1nc(-c2ccc(NC(=O)C(O)c3cc(F)cc(F)c3)cc2F)c2c(N)ncc(C)n12. The molecule has 0 radical (unpaired) electrons. The van der Waals surface area contributed by atoms with Crippen LogP contribution in [0.1, 0.15) is 27.3 Å². The van der Waals surface area contributed by atoms with Crippen LogP contribution in [0.2, 0.25) is 0 Å². The number of aliphatic hydroxyl groups excluding tert-OH is 1. The van der Waals surface area contributed by atoms with E-state index < -0.39 is 36.3 Å². The van der Waals surface area contributed by atoms with Crippen molar-refractivity contribution in [1.82, 2.24) is 14.4 Å². The standard InChI is InChI=1S/C22H18F3N5O2/c1-10-9-27-21(26)19-18(28-11(2)30(10)19)16-4-3-15(8-17(16)25)29-22(32)20(31)12-5-13(23)7-14(24)6-12/h3-9,20,31H,1-2H3,(H2,26,27)(H,29,32)/i2D3. The molecule has 10 heteroatoms. The van der Waals surface area contributed by atoms with Crippen molar-refractivity contribution in [3.63, 3.8) is 0 Å². The van der Waals surface area contributed by atoms with Crippen LogP contribution in [0.15, 0.2) is 42.6 Å². The maximum absolute atomic E-state index is 15.1. The number of nitrogen functional groups attached to an aromatic ring is 1. The summed E-state index contributed by atoms with van der Waals surface area (Å²) < 4.78 is 66.5. The van der Waals surface area contributed by atoms with Gasteiger partial charge in [-0.15, -0.1) is 0 Å². The normalized spacial score (nSPS) is 14.0. The summed E-state index contributed by atoms with van der Waals surface area (Å²) in [7, 11) is 0. The molecule has 0 aliphatic carbocycles. The summed E-state index contributed by atoms with van der Waals surface area (Å²) in [5.74, 6) is -4.27. The number of carbonyl (C=O) groups is 1. The number of benzene rings is 2. The molecule has 0 aliphatic heterocycles. The summed E-state index contributed by atoms with van der Waals surface area (Å²) in [6.45, 7) is -1.03. The van der Waals surface area contributed by atoms with Crippen LogP contribution < -0.4 is 11.1 Å². The van der Waals surface area contributed by atoms with Crippen molar-refractivity contribution in [2.45, 2.75) is 19.9 Å². The quantitative estimate of drug-likeness (QED) is 0.445. The van der Waals surface area contributed by atoms with Crippen molar-refractivity contribution < 1.29 is 27.2 Å². The van der Waals surface area contributed by atoms with Gasteiger partial charge in [-0.1, -0.05) is 0 Å². The zero-order valence-corrected chi connectivity index (χ0v) is 16.5. The van der Waals surface area contributed by atoms with Crippen molar-refractivity contribution in [2.75, 3.05) is 11.1 Å². The first-order chi connectivity index (χ1) is 16.4. The van der Waals surface area contributed by atoms with Gasteiger partial charge in [0.2, 0.25) is 0 Å². The Morgan fingerprint density at radius 2 is 1.94 bits per heavy atom. The second kappa shape index (κ2) is 7.97. The van der Waals surface area contributed by atoms with Gasteiger partial charge in [0.1, 0.15) is 40.3 Å². The number of nitrogens with two attached hydrogens (primary N) is 1. The second-order valence-corrected chi connectivity index (χ2v) is 7.04. The Morgan fingerprint density at radius 1 is 1.22 bits per heavy atom. The number of aryl methyl sites for hydroxylation is 2. The molecule has 0 bridgehead atoms. The van der Waals surface area contributed by atoms with Gasteiger partial charge in [-0.25, -0.2) is 23.1 Å². The van der Waals surface area contributed by atoms with Gasteiger partial charge in [0.15, 0.2) is 6.10 Å². The number of hydrogen-bond acceptors (Lipinski definition) is 5. The third-order valence-corrected chi connectivity index (χ3v) is 4.80. The maximum Gasteiger partial charge on any atom is 0.257 e. The molecule has 0 saturated carbocycles. The molecule has 0 spiro atoms. The highest BCUT2D eigenvalue weighted by Crippen LogP contribution is 2.32. The van der Waals surface area contributed by atoms with E-state index >= 15 is 4.39 Å². The van der Waals surface area contributed by atoms with E-state index in [4.69, 9.17) is 9.85 Å². The third kappa shape index (κ3) is 3.76. The summed E-state index contributed by atoms with van der Waals surface area (Å²) in [5, 5.41) is 12.4. The number of aliphatic hydroxyl groups is 1. The highest BCUT2D eigenvalue weighted by atomic mass is 19.1. The number of rotatable bonds is 4. The topological polar surface area (TPSA) is 106 Å². The average Bonchev–Trinajstić information content (AvgIpc) is 3.17. The lowest BCUT2D eigenvalue weighted by atomic mass is 10.1. The van der Waals surface area contributed by atoms with E-state index in [2.05, 4.69) is 15.3 Å². The predicted molar refractivity (Wildman–Crippen MR) is 112 cm³/mol. The van der Waals surface area contributed by atoms with Gasteiger partial charge in [0, 0.05) is 33.3 Å². The van der Waals surface area contributed by atoms with Crippen LogP contribution in [0.3, 0.4) is 0 Å². The zero-order valence-electron chi connectivity index (χ0n) is 19.5. The van der Waals surface area contributed by atoms with Crippen LogP contribution in [0.4, 0.5) is 24.7 Å². The first-order valence-corrected chi connectivity index (χ1v) is 9.25. The minimum Gasteiger partial charge on any atom is -0.382 e. The van der Waals surface area contributed by atoms with Gasteiger partial charge in [0.05, 0.1) is 0 Å². The number of fused-ring (bicyclic) bond motifs is 1. The third-order valence-electron chi connectivity index (χ3n) is 4.80. The molecule has 1 unspecified atom stereocenters. The van der Waals surface area contributed by atoms with Crippen LogP contribution in [-0.2, 0) is 4.79 Å². The Bertz CT molecular complexity index is 1450. The number of nitrogens with one attached hydrogen (secondary N) is 1. The lowest BCUT2D eigenvalue weighted by Gasteiger charge is -2.13. The van der Waals surface area contributed by atoms with Gasteiger partial charge in [-0.2, -0.15) is 0 Å². The largest absolute Gasteiger partial charge is 0.382 e. The van der Waals surface area contributed by atoms with E-state index in [-0.39, 0.29) is 39.7 Å². The molecule has 32 heavy (non-hydrogen) atoms. The summed E-state index contributed by atoms with van der Waals surface area (Å²) >= 11 is 0. The van der Waals surface area contributed by atoms with Gasteiger partial charge in [0.25, 0.3) is 5.91 Å². The number of amides is 1. The average molecular weight is 444 g/mol. The first kappa shape index (κ1) is 17.7. The molecular weight excluding hydrogens is 423 g/mol. The van der Waals surface area contributed by atoms with E-state index in [1.54, 1.807) is 6.92 Å². The molecule has 0 saturated heterocycles. The van der Waals surface area contributed by atoms with Crippen LogP contribution in [-0.4, -0.2) is 25.4 Å². The molecule has 0 fully saturated rings. The molecule has 2 heterocycles. The monoisotopic (exact) mass is 444 g/mol. The molecule has 4 rings (SSSR count). The van der Waals surface area contributed by atoms with Crippen LogP contribution in [0.5, 0.6) is 0 Å². The minimum atomic E-state index is -2.63. The number of imidazole rings is 1. The highest BCUT2D eigenvalue weighted by molar-refractivity contribution is 5.95. The number of anilines is 2. The van der Waals surface area contributed by atoms with Gasteiger partial charge in [-0.05, 0) is 49.7 Å². The molecule has 2 aromatic heterocycles. The fourth-order valence-electron chi connectivity index (χ4n) is 3.35. The molecule has 0 aliphatic rings. The summed E-state index contributed by atoms with van der Waals surface area (Å²) in [4.78, 5) is 20.5. The Kier molecular flexibility index (Phi) is 4.41. The lowest BCUT2D eigenvalue weighted by Crippen LogP contribution is -2.21. The Morgan fingerprint density at radius 3 is 2.59 bits per heavy atom.